The molecular weight excluding hydrogens is 153 g/mol. The summed E-state index contributed by atoms with van der Waals surface area (Å²) in [5, 5.41) is 0. The molecule has 0 amide bonds. The Bertz CT molecular complexity index is 183. The Kier molecular flexibility index (Phi) is 4.59. The lowest BCUT2D eigenvalue weighted by Crippen LogP contribution is -1.94. The molecule has 0 radical (unpaired) electrons. The van der Waals surface area contributed by atoms with Crippen LogP contribution in [0.15, 0.2) is 17.6 Å². The van der Waals surface area contributed by atoms with Gasteiger partial charge in [0.1, 0.15) is 0 Å². The maximum absolute atomic E-state index is 10.3. The van der Waals surface area contributed by atoms with Gasteiger partial charge in [-0.1, -0.05) is 6.08 Å². The van der Waals surface area contributed by atoms with E-state index in [1.54, 1.807) is 0 Å². The van der Waals surface area contributed by atoms with Crippen LogP contribution in [-0.2, 0) is 9.36 Å². The lowest BCUT2D eigenvalue weighted by Gasteiger charge is -1.86. The molecule has 1 N–H and O–H groups in total. The SMILES string of the molecule is C=CCC(N=C=O)[P+](=O)O. The Morgan fingerprint density at radius 1 is 1.90 bits per heavy atom. The van der Waals surface area contributed by atoms with Gasteiger partial charge in [0.25, 0.3) is 5.78 Å². The van der Waals surface area contributed by atoms with Gasteiger partial charge in [0, 0.05) is 6.42 Å². The highest BCUT2D eigenvalue weighted by Gasteiger charge is 2.26. The van der Waals surface area contributed by atoms with E-state index in [9.17, 15) is 9.36 Å². The third-order valence-electron chi connectivity index (χ3n) is 0.834. The third-order valence-corrected chi connectivity index (χ3v) is 1.67. The quantitative estimate of drug-likeness (QED) is 0.288. The van der Waals surface area contributed by atoms with E-state index in [1.165, 1.54) is 12.2 Å². The van der Waals surface area contributed by atoms with Gasteiger partial charge in [-0.25, -0.2) is 4.79 Å². The number of hydrogen-bond donors (Lipinski definition) is 1. The Morgan fingerprint density at radius 2 is 2.50 bits per heavy atom. The number of isocyanates is 1. The topological polar surface area (TPSA) is 66.7 Å². The first kappa shape index (κ1) is 9.18. The largest absolute Gasteiger partial charge is 0.533 e. The predicted molar refractivity (Wildman–Crippen MR) is 36.5 cm³/mol. The van der Waals surface area contributed by atoms with E-state index < -0.39 is 13.8 Å². The summed E-state index contributed by atoms with van der Waals surface area (Å²) in [4.78, 5) is 21.2. The number of carbonyl (C=O) groups excluding carboxylic acids is 1. The van der Waals surface area contributed by atoms with Crippen LogP contribution in [0.1, 0.15) is 6.42 Å². The van der Waals surface area contributed by atoms with E-state index in [1.807, 2.05) is 0 Å². The van der Waals surface area contributed by atoms with Crippen molar-refractivity contribution in [1.82, 2.24) is 0 Å². The molecule has 5 heteroatoms. The molecule has 0 spiro atoms. The van der Waals surface area contributed by atoms with Gasteiger partial charge in [-0.2, -0.15) is 4.89 Å². The zero-order valence-electron chi connectivity index (χ0n) is 5.23. The number of hydrogen-bond acceptors (Lipinski definition) is 3. The molecule has 0 rings (SSSR count). The second kappa shape index (κ2) is 5.00. The maximum Gasteiger partial charge on any atom is 0.533 e. The third kappa shape index (κ3) is 3.25. The Morgan fingerprint density at radius 3 is 2.80 bits per heavy atom. The van der Waals surface area contributed by atoms with Gasteiger partial charge in [-0.15, -0.1) is 11.6 Å². The van der Waals surface area contributed by atoms with E-state index >= 15 is 0 Å². The zero-order valence-corrected chi connectivity index (χ0v) is 6.12. The van der Waals surface area contributed by atoms with Gasteiger partial charge in [0.2, 0.25) is 6.08 Å². The summed E-state index contributed by atoms with van der Waals surface area (Å²) in [7, 11) is -2.43. The fourth-order valence-electron chi connectivity index (χ4n) is 0.402. The summed E-state index contributed by atoms with van der Waals surface area (Å²) in [6.07, 6.45) is 2.87. The van der Waals surface area contributed by atoms with Crippen LogP contribution in [0.4, 0.5) is 0 Å². The summed E-state index contributed by atoms with van der Waals surface area (Å²) in [5.74, 6) is -0.870. The molecule has 0 saturated heterocycles. The van der Waals surface area contributed by atoms with Crippen LogP contribution in [0, 0.1) is 0 Å². The van der Waals surface area contributed by atoms with E-state index in [4.69, 9.17) is 4.89 Å². The normalized spacial score (nSPS) is 13.1. The molecule has 0 heterocycles. The Labute approximate surface area is 59.2 Å². The first-order valence-corrected chi connectivity index (χ1v) is 3.83. The minimum atomic E-state index is -2.43. The highest BCUT2D eigenvalue weighted by molar-refractivity contribution is 7.38. The van der Waals surface area contributed by atoms with Crippen molar-refractivity contribution in [3.8, 4) is 0 Å². The standard InChI is InChI=1S/C5H6NO3P/c1-2-3-5(6-4-7)10(8)9/h2,5H,1,3H2/p+1. The monoisotopic (exact) mass is 160 g/mol. The Hall–Kier alpha value is -0.820. The van der Waals surface area contributed by atoms with Crippen LogP contribution in [0.3, 0.4) is 0 Å². The summed E-state index contributed by atoms with van der Waals surface area (Å²) >= 11 is 0. The molecule has 0 aromatic heterocycles. The molecule has 10 heavy (non-hydrogen) atoms. The lowest BCUT2D eigenvalue weighted by molar-refractivity contribution is 0.488. The number of aliphatic imine (C=N–C) groups is 1. The van der Waals surface area contributed by atoms with E-state index in [-0.39, 0.29) is 6.42 Å². The molecule has 0 fully saturated rings. The van der Waals surface area contributed by atoms with Crippen molar-refractivity contribution in [1.29, 1.82) is 0 Å². The summed E-state index contributed by atoms with van der Waals surface area (Å²) < 4.78 is 10.3. The zero-order chi connectivity index (χ0) is 7.98. The first-order chi connectivity index (χ1) is 4.72. The van der Waals surface area contributed by atoms with Crippen LogP contribution >= 0.6 is 8.03 Å². The smallest absolute Gasteiger partial charge is 0.211 e. The average molecular weight is 160 g/mol. The number of rotatable bonds is 4. The molecule has 0 aromatic carbocycles. The van der Waals surface area contributed by atoms with Crippen molar-refractivity contribution >= 4 is 14.1 Å². The van der Waals surface area contributed by atoms with Crippen molar-refractivity contribution in [2.45, 2.75) is 12.2 Å². The van der Waals surface area contributed by atoms with Crippen LogP contribution in [0.25, 0.3) is 0 Å². The van der Waals surface area contributed by atoms with Crippen molar-refractivity contribution < 1.29 is 14.3 Å². The van der Waals surface area contributed by atoms with Crippen LogP contribution in [0.5, 0.6) is 0 Å². The lowest BCUT2D eigenvalue weighted by atomic mass is 10.4. The molecule has 4 nitrogen and oxygen atoms in total. The second-order valence-electron chi connectivity index (χ2n) is 1.53. The molecule has 0 bridgehead atoms. The molecule has 54 valence electrons. The van der Waals surface area contributed by atoms with Crippen molar-refractivity contribution in [2.24, 2.45) is 4.99 Å². The molecule has 0 saturated carbocycles. The second-order valence-corrected chi connectivity index (χ2v) is 2.73. The van der Waals surface area contributed by atoms with Gasteiger partial charge in [-0.05, 0) is 4.57 Å². The van der Waals surface area contributed by atoms with Crippen molar-refractivity contribution in [3.63, 3.8) is 0 Å². The molecule has 2 atom stereocenters. The molecular formula is C5H7NO3P+. The van der Waals surface area contributed by atoms with Gasteiger partial charge < -0.3 is 0 Å². The highest BCUT2D eigenvalue weighted by Crippen LogP contribution is 2.25. The average Bonchev–Trinajstić information content (AvgIpc) is 1.87. The van der Waals surface area contributed by atoms with Gasteiger partial charge in [0.15, 0.2) is 0 Å². The maximum atomic E-state index is 10.3. The molecule has 0 aliphatic rings. The highest BCUT2D eigenvalue weighted by atomic mass is 31.1. The number of nitrogens with zero attached hydrogens (tertiary/aromatic N) is 1. The molecule has 0 aliphatic carbocycles. The molecule has 2 unspecified atom stereocenters. The van der Waals surface area contributed by atoms with E-state index in [0.29, 0.717) is 0 Å². The Balaban J connectivity index is 4.10. The minimum Gasteiger partial charge on any atom is -0.211 e. The fourth-order valence-corrected chi connectivity index (χ4v) is 0.878. The minimum absolute atomic E-state index is 0.223. The van der Waals surface area contributed by atoms with Gasteiger partial charge in [0.05, 0.1) is 0 Å². The summed E-state index contributed by atoms with van der Waals surface area (Å²) in [5.41, 5.74) is 0. The van der Waals surface area contributed by atoms with Crippen LogP contribution < -0.4 is 0 Å². The van der Waals surface area contributed by atoms with E-state index in [2.05, 4.69) is 11.6 Å². The fraction of sp³-hybridized carbons (Fsp3) is 0.400. The molecule has 0 aromatic rings. The van der Waals surface area contributed by atoms with E-state index in [0.717, 1.165) is 0 Å². The predicted octanol–water partition coefficient (Wildman–Crippen LogP) is 0.959. The van der Waals surface area contributed by atoms with Crippen molar-refractivity contribution in [3.05, 3.63) is 12.7 Å². The van der Waals surface area contributed by atoms with Crippen LogP contribution in [-0.4, -0.2) is 16.8 Å². The summed E-state index contributed by atoms with van der Waals surface area (Å²) in [6, 6.07) is 0. The van der Waals surface area contributed by atoms with Crippen molar-refractivity contribution in [2.75, 3.05) is 0 Å². The molecule has 0 aliphatic heterocycles. The first-order valence-electron chi connectivity index (χ1n) is 2.55. The van der Waals surface area contributed by atoms with Gasteiger partial charge in [-0.3, -0.25) is 0 Å². The van der Waals surface area contributed by atoms with Crippen LogP contribution in [0.2, 0.25) is 0 Å². The summed E-state index contributed by atoms with van der Waals surface area (Å²) in [6.45, 7) is 3.34. The van der Waals surface area contributed by atoms with Gasteiger partial charge >= 0.3 is 8.03 Å².